The number of carbonyl (C=O) groups excluding carboxylic acids is 1. The van der Waals surface area contributed by atoms with E-state index in [1.165, 1.54) is 11.8 Å². The number of urea groups is 1. The Labute approximate surface area is 94.2 Å². The van der Waals surface area contributed by atoms with E-state index in [-0.39, 0.29) is 12.6 Å². The van der Waals surface area contributed by atoms with Gasteiger partial charge in [0.15, 0.2) is 0 Å². The lowest BCUT2D eigenvalue weighted by atomic mass is 10.0. The zero-order valence-corrected chi connectivity index (χ0v) is 9.35. The minimum atomic E-state index is -1.06. The predicted molar refractivity (Wildman–Crippen MR) is 57.1 cm³/mol. The molecule has 0 aromatic carbocycles. The highest BCUT2D eigenvalue weighted by molar-refractivity contribution is 5.82. The maximum Gasteiger partial charge on any atom is 0.325 e. The Bertz CT molecular complexity index is 270. The zero-order valence-electron chi connectivity index (χ0n) is 9.35. The van der Waals surface area contributed by atoms with E-state index >= 15 is 0 Å². The number of nitrogens with one attached hydrogen (secondary N) is 1. The molecule has 6 heteroatoms. The van der Waals surface area contributed by atoms with Crippen molar-refractivity contribution in [1.82, 2.24) is 10.2 Å². The number of aliphatic hydroxyl groups is 1. The third-order valence-electron chi connectivity index (χ3n) is 2.81. The smallest absolute Gasteiger partial charge is 0.325 e. The van der Waals surface area contributed by atoms with Crippen molar-refractivity contribution in [2.24, 2.45) is 0 Å². The number of amides is 2. The molecular formula is C10H18N2O4. The van der Waals surface area contributed by atoms with Crippen LogP contribution in [0.25, 0.3) is 0 Å². The Morgan fingerprint density at radius 2 is 2.19 bits per heavy atom. The molecule has 0 aliphatic carbocycles. The van der Waals surface area contributed by atoms with Crippen molar-refractivity contribution in [2.75, 3.05) is 13.2 Å². The monoisotopic (exact) mass is 230 g/mol. The second-order valence-electron chi connectivity index (χ2n) is 4.03. The number of likely N-dealkylation sites (tertiary alicyclic amines) is 1. The summed E-state index contributed by atoms with van der Waals surface area (Å²) >= 11 is 0. The maximum absolute atomic E-state index is 11.7. The molecule has 1 rings (SSSR count). The largest absolute Gasteiger partial charge is 0.480 e. The van der Waals surface area contributed by atoms with Crippen LogP contribution in [0.15, 0.2) is 0 Å². The molecule has 1 aliphatic rings. The first-order valence-electron chi connectivity index (χ1n) is 5.47. The highest BCUT2D eigenvalue weighted by Crippen LogP contribution is 2.16. The average molecular weight is 230 g/mol. The molecule has 1 saturated heterocycles. The Balaban J connectivity index is 2.54. The summed E-state index contributed by atoms with van der Waals surface area (Å²) in [4.78, 5) is 23.8. The molecule has 1 fully saturated rings. The standard InChI is InChI=1S/C10H18N2O4/c1-7(9(14)15)11-10(16)12-5-3-2-4-8(12)6-13/h7-8,13H,2-6H2,1H3,(H,11,16)(H,14,15)/t7-,8?/m0/s1. The SMILES string of the molecule is C[C@H](NC(=O)N1CCCCC1CO)C(=O)O. The van der Waals surface area contributed by atoms with E-state index < -0.39 is 18.0 Å². The first kappa shape index (κ1) is 12.8. The first-order valence-corrected chi connectivity index (χ1v) is 5.47. The Morgan fingerprint density at radius 1 is 1.50 bits per heavy atom. The molecule has 92 valence electrons. The van der Waals surface area contributed by atoms with E-state index in [2.05, 4.69) is 5.32 Å². The van der Waals surface area contributed by atoms with Crippen molar-refractivity contribution < 1.29 is 19.8 Å². The summed E-state index contributed by atoms with van der Waals surface area (Å²) in [7, 11) is 0. The number of hydrogen-bond donors (Lipinski definition) is 3. The topological polar surface area (TPSA) is 89.9 Å². The van der Waals surface area contributed by atoms with Gasteiger partial charge in [-0.3, -0.25) is 4.79 Å². The average Bonchev–Trinajstić information content (AvgIpc) is 2.28. The molecule has 1 aliphatic heterocycles. The third-order valence-corrected chi connectivity index (χ3v) is 2.81. The van der Waals surface area contributed by atoms with Gasteiger partial charge in [0.2, 0.25) is 0 Å². The van der Waals surface area contributed by atoms with Crippen LogP contribution in [-0.2, 0) is 4.79 Å². The number of carboxylic acid groups (broad SMARTS) is 1. The van der Waals surface area contributed by atoms with E-state index in [1.54, 1.807) is 0 Å². The van der Waals surface area contributed by atoms with Gasteiger partial charge in [-0.25, -0.2) is 4.79 Å². The van der Waals surface area contributed by atoms with Crippen LogP contribution in [0.4, 0.5) is 4.79 Å². The summed E-state index contributed by atoms with van der Waals surface area (Å²) in [6.07, 6.45) is 2.65. The van der Waals surface area contributed by atoms with Crippen molar-refractivity contribution in [1.29, 1.82) is 0 Å². The maximum atomic E-state index is 11.7. The summed E-state index contributed by atoms with van der Waals surface area (Å²) < 4.78 is 0. The third kappa shape index (κ3) is 3.10. The normalized spacial score (nSPS) is 22.6. The van der Waals surface area contributed by atoms with Crippen LogP contribution in [0.5, 0.6) is 0 Å². The second-order valence-corrected chi connectivity index (χ2v) is 4.03. The summed E-state index contributed by atoms with van der Waals surface area (Å²) in [6, 6.07) is -1.50. The van der Waals surface area contributed by atoms with Crippen LogP contribution >= 0.6 is 0 Å². The molecular weight excluding hydrogens is 212 g/mol. The van der Waals surface area contributed by atoms with Gasteiger partial charge in [0, 0.05) is 6.54 Å². The van der Waals surface area contributed by atoms with Crippen molar-refractivity contribution >= 4 is 12.0 Å². The molecule has 0 saturated carbocycles. The molecule has 16 heavy (non-hydrogen) atoms. The molecule has 1 heterocycles. The summed E-state index contributed by atoms with van der Waals surface area (Å²) in [5.74, 6) is -1.06. The van der Waals surface area contributed by atoms with Crippen LogP contribution in [-0.4, -0.2) is 52.3 Å². The molecule has 0 radical (unpaired) electrons. The van der Waals surface area contributed by atoms with Crippen LogP contribution in [0.1, 0.15) is 26.2 Å². The van der Waals surface area contributed by atoms with Gasteiger partial charge < -0.3 is 20.4 Å². The number of piperidine rings is 1. The fourth-order valence-corrected chi connectivity index (χ4v) is 1.79. The lowest BCUT2D eigenvalue weighted by Crippen LogP contribution is -2.53. The molecule has 0 bridgehead atoms. The van der Waals surface area contributed by atoms with Crippen molar-refractivity contribution in [3.63, 3.8) is 0 Å². The van der Waals surface area contributed by atoms with Crippen LogP contribution < -0.4 is 5.32 Å². The number of nitrogens with zero attached hydrogens (tertiary/aromatic N) is 1. The van der Waals surface area contributed by atoms with Gasteiger partial charge in [-0.2, -0.15) is 0 Å². The van der Waals surface area contributed by atoms with Gasteiger partial charge in [0.05, 0.1) is 12.6 Å². The lowest BCUT2D eigenvalue weighted by molar-refractivity contribution is -0.138. The number of carboxylic acids is 1. The minimum absolute atomic E-state index is 0.0745. The van der Waals surface area contributed by atoms with Gasteiger partial charge in [-0.15, -0.1) is 0 Å². The molecule has 2 amide bonds. The fraction of sp³-hybridized carbons (Fsp3) is 0.800. The van der Waals surface area contributed by atoms with E-state index in [0.29, 0.717) is 6.54 Å². The lowest BCUT2D eigenvalue weighted by Gasteiger charge is -2.34. The number of rotatable bonds is 3. The highest BCUT2D eigenvalue weighted by atomic mass is 16.4. The number of aliphatic hydroxyl groups excluding tert-OH is 1. The molecule has 1 unspecified atom stereocenters. The molecule has 0 aromatic heterocycles. The Hall–Kier alpha value is -1.30. The van der Waals surface area contributed by atoms with E-state index in [4.69, 9.17) is 10.2 Å². The van der Waals surface area contributed by atoms with Crippen molar-refractivity contribution in [3.8, 4) is 0 Å². The van der Waals surface area contributed by atoms with Gasteiger partial charge in [0.25, 0.3) is 0 Å². The zero-order chi connectivity index (χ0) is 12.1. The second kappa shape index (κ2) is 5.69. The number of aliphatic carboxylic acids is 1. The molecule has 3 N–H and O–H groups in total. The summed E-state index contributed by atoms with van der Waals surface area (Å²) in [5, 5.41) is 20.2. The Morgan fingerprint density at radius 3 is 2.75 bits per heavy atom. The van der Waals surface area contributed by atoms with Gasteiger partial charge >= 0.3 is 12.0 Å². The van der Waals surface area contributed by atoms with Gasteiger partial charge in [-0.05, 0) is 26.2 Å². The van der Waals surface area contributed by atoms with Gasteiger partial charge in [-0.1, -0.05) is 0 Å². The van der Waals surface area contributed by atoms with E-state index in [0.717, 1.165) is 19.3 Å². The van der Waals surface area contributed by atoms with E-state index in [9.17, 15) is 9.59 Å². The number of carbonyl (C=O) groups is 2. The highest BCUT2D eigenvalue weighted by Gasteiger charge is 2.27. The first-order chi connectivity index (χ1) is 7.56. The molecule has 0 aromatic rings. The van der Waals surface area contributed by atoms with Crippen LogP contribution in [0.2, 0.25) is 0 Å². The summed E-state index contributed by atoms with van der Waals surface area (Å²) in [5.41, 5.74) is 0. The van der Waals surface area contributed by atoms with Crippen molar-refractivity contribution in [2.45, 2.75) is 38.3 Å². The van der Waals surface area contributed by atoms with Crippen molar-refractivity contribution in [3.05, 3.63) is 0 Å². The quantitative estimate of drug-likeness (QED) is 0.637. The van der Waals surface area contributed by atoms with Crippen LogP contribution in [0, 0.1) is 0 Å². The molecule has 6 nitrogen and oxygen atoms in total. The van der Waals surface area contributed by atoms with Gasteiger partial charge in [0.1, 0.15) is 6.04 Å². The Kier molecular flexibility index (Phi) is 4.54. The predicted octanol–water partition coefficient (Wildman–Crippen LogP) is 0.0159. The van der Waals surface area contributed by atoms with E-state index in [1.807, 2.05) is 0 Å². The minimum Gasteiger partial charge on any atom is -0.480 e. The molecule has 2 atom stereocenters. The number of hydrogen-bond acceptors (Lipinski definition) is 3. The van der Waals surface area contributed by atoms with Crippen LogP contribution in [0.3, 0.4) is 0 Å². The molecule has 0 spiro atoms. The summed E-state index contributed by atoms with van der Waals surface area (Å²) in [6.45, 7) is 1.91. The fourth-order valence-electron chi connectivity index (χ4n) is 1.79.